The topological polar surface area (TPSA) is 20.2 Å². The number of aliphatic hydroxyl groups excluding tert-OH is 1. The average molecular weight is 410 g/mol. The van der Waals surface area contributed by atoms with Crippen LogP contribution in [0.25, 0.3) is 0 Å². The molecular weight excluding hydrogens is 400 g/mol. The van der Waals surface area contributed by atoms with E-state index in [1.807, 2.05) is 6.92 Å². The van der Waals surface area contributed by atoms with E-state index in [2.05, 4.69) is 6.92 Å². The van der Waals surface area contributed by atoms with E-state index in [0.717, 1.165) is 6.42 Å². The van der Waals surface area contributed by atoms with Crippen molar-refractivity contribution >= 4 is 0 Å². The molecule has 1 nitrogen and oxygen atoms in total. The Balaban J connectivity index is -0.0000000417. The first-order valence-corrected chi connectivity index (χ1v) is 2.12. The average Bonchev–Trinajstić information content (AvgIpc) is 1.35. The van der Waals surface area contributed by atoms with Crippen LogP contribution < -0.4 is 0 Å². The minimum absolute atomic E-state index is 0. The van der Waals surface area contributed by atoms with Crippen LogP contribution in [-0.2, 0) is 72.3 Å². The van der Waals surface area contributed by atoms with Gasteiger partial charge >= 0.3 is 0 Å². The van der Waals surface area contributed by atoms with Gasteiger partial charge in [0.2, 0.25) is 0 Å². The maximum Gasteiger partial charge on any atom is 0 e. The molecular formula is C5H10OVWY-2. The summed E-state index contributed by atoms with van der Waals surface area (Å²) in [6.45, 7) is 5.29. The van der Waals surface area contributed by atoms with Crippen LogP contribution in [0.5, 0.6) is 0 Å². The van der Waals surface area contributed by atoms with Crippen molar-refractivity contribution in [3.8, 4) is 0 Å². The summed E-state index contributed by atoms with van der Waals surface area (Å²) in [7, 11) is 0. The Bertz CT molecular complexity index is 38.1. The van der Waals surface area contributed by atoms with Gasteiger partial charge in [-0.3, -0.25) is 0 Å². The first kappa shape index (κ1) is 22.5. The van der Waals surface area contributed by atoms with Crippen molar-refractivity contribution in [2.45, 2.75) is 19.4 Å². The van der Waals surface area contributed by atoms with Gasteiger partial charge in [-0.1, -0.05) is 6.92 Å². The molecule has 0 saturated carbocycles. The third kappa shape index (κ3) is 25.2. The molecule has 2 radical (unpaired) electrons. The molecule has 1 N–H and O–H groups in total. The fourth-order valence-corrected chi connectivity index (χ4v) is 0.272. The molecule has 0 heterocycles. The van der Waals surface area contributed by atoms with Gasteiger partial charge in [0.15, 0.2) is 0 Å². The normalized spacial score (nSPS) is 9.67. The van der Waals surface area contributed by atoms with Crippen molar-refractivity contribution in [1.82, 2.24) is 0 Å². The van der Waals surface area contributed by atoms with Crippen LogP contribution in [0.1, 0.15) is 13.3 Å². The van der Waals surface area contributed by atoms with Gasteiger partial charge in [0, 0.05) is 72.3 Å². The van der Waals surface area contributed by atoms with Gasteiger partial charge in [0.05, 0.1) is 0 Å². The van der Waals surface area contributed by atoms with E-state index in [1.165, 1.54) is 0 Å². The quantitative estimate of drug-likeness (QED) is 0.669. The van der Waals surface area contributed by atoms with E-state index >= 15 is 0 Å². The second-order valence-corrected chi connectivity index (χ2v) is 1.21. The number of rotatable bonds is 2. The number of aliphatic hydroxyl groups is 1. The summed E-state index contributed by atoms with van der Waals surface area (Å²) >= 11 is 0. The Morgan fingerprint density at radius 1 is 1.67 bits per heavy atom. The minimum atomic E-state index is -0.477. The van der Waals surface area contributed by atoms with Gasteiger partial charge in [-0.15, -0.1) is 0 Å². The Morgan fingerprint density at radius 3 is 2.00 bits per heavy atom. The van der Waals surface area contributed by atoms with E-state index in [9.17, 15) is 0 Å². The van der Waals surface area contributed by atoms with Gasteiger partial charge < -0.3 is 18.5 Å². The third-order valence-electron chi connectivity index (χ3n) is 0.508. The zero-order valence-electron chi connectivity index (χ0n) is 5.45. The van der Waals surface area contributed by atoms with Crippen molar-refractivity contribution in [1.29, 1.82) is 0 Å². The van der Waals surface area contributed by atoms with Crippen LogP contribution in [0.4, 0.5) is 0 Å². The summed E-state index contributed by atoms with van der Waals surface area (Å²) in [5.74, 6) is 0. The molecule has 0 bridgehead atoms. The molecule has 0 unspecified atom stereocenters. The van der Waals surface area contributed by atoms with E-state index in [0.29, 0.717) is 0 Å². The fourth-order valence-electron chi connectivity index (χ4n) is 0.272. The smallest absolute Gasteiger partial charge is 0 e. The summed E-state index contributed by atoms with van der Waals surface area (Å²) in [6, 6.07) is 0. The second-order valence-electron chi connectivity index (χ2n) is 1.21. The summed E-state index contributed by atoms with van der Waals surface area (Å²) in [5, 5.41) is 8.39. The van der Waals surface area contributed by atoms with E-state index in [-0.39, 0.29) is 72.3 Å². The molecule has 0 spiro atoms. The molecule has 0 aliphatic carbocycles. The molecule has 0 aliphatic rings. The molecule has 0 aromatic rings. The Hall–Kier alpha value is 2.34. The van der Waals surface area contributed by atoms with E-state index in [4.69, 9.17) is 5.11 Å². The monoisotopic (exact) mass is 410 g/mol. The van der Waals surface area contributed by atoms with Crippen molar-refractivity contribution in [3.05, 3.63) is 13.3 Å². The van der Waals surface area contributed by atoms with Crippen LogP contribution in [0, 0.1) is 13.3 Å². The van der Waals surface area contributed by atoms with Gasteiger partial charge in [-0.05, 0) is 0 Å². The third-order valence-corrected chi connectivity index (χ3v) is 0.508. The molecule has 0 rings (SSSR count). The van der Waals surface area contributed by atoms with E-state index in [1.54, 1.807) is 6.42 Å². The van der Waals surface area contributed by atoms with E-state index < -0.39 is 6.10 Å². The first-order chi connectivity index (χ1) is 2.77. The number of hydrogen-bond acceptors (Lipinski definition) is 1. The summed E-state index contributed by atoms with van der Waals surface area (Å²) in [5.41, 5.74) is 0. The van der Waals surface area contributed by atoms with Crippen molar-refractivity contribution < 1.29 is 77.4 Å². The predicted molar refractivity (Wildman–Crippen MR) is 26.0 cm³/mol. The summed E-state index contributed by atoms with van der Waals surface area (Å²) in [4.78, 5) is 0. The second kappa shape index (κ2) is 16.7. The van der Waals surface area contributed by atoms with Gasteiger partial charge in [0.1, 0.15) is 0 Å². The SMILES string of the molecule is [CH2-][C@@H](O)[CH-]CC.[V].[W].[Y]. The Kier molecular flexibility index (Phi) is 41.9. The largest absolute Gasteiger partial charge is 0.456 e. The van der Waals surface area contributed by atoms with Crippen molar-refractivity contribution in [2.24, 2.45) is 0 Å². The number of hydrogen-bond donors (Lipinski definition) is 1. The van der Waals surface area contributed by atoms with Crippen LogP contribution in [-0.4, -0.2) is 11.2 Å². The van der Waals surface area contributed by atoms with Crippen molar-refractivity contribution in [2.75, 3.05) is 0 Å². The van der Waals surface area contributed by atoms with Gasteiger partial charge in [0.25, 0.3) is 0 Å². The maximum absolute atomic E-state index is 8.39. The molecule has 0 amide bonds. The molecule has 1 atom stereocenters. The molecule has 0 aromatic carbocycles. The van der Waals surface area contributed by atoms with Crippen LogP contribution in [0.15, 0.2) is 0 Å². The molecule has 0 aliphatic heterocycles. The summed E-state index contributed by atoms with van der Waals surface area (Å²) in [6.07, 6.45) is 2.15. The zero-order chi connectivity index (χ0) is 4.99. The molecule has 9 heavy (non-hydrogen) atoms. The molecule has 52 valence electrons. The molecule has 4 heteroatoms. The van der Waals surface area contributed by atoms with Crippen LogP contribution >= 0.6 is 0 Å². The maximum atomic E-state index is 8.39. The Morgan fingerprint density at radius 2 is 2.00 bits per heavy atom. The van der Waals surface area contributed by atoms with Gasteiger partial charge in [-0.25, -0.2) is 0 Å². The minimum Gasteiger partial charge on any atom is -0.456 e. The molecule has 0 aromatic heterocycles. The van der Waals surface area contributed by atoms with Crippen LogP contribution in [0.2, 0.25) is 0 Å². The van der Waals surface area contributed by atoms with Crippen LogP contribution in [0.3, 0.4) is 0 Å². The molecule has 0 saturated heterocycles. The Labute approximate surface area is 109 Å². The fraction of sp³-hybridized carbons (Fsp3) is 0.600. The van der Waals surface area contributed by atoms with Gasteiger partial charge in [-0.2, -0.15) is 12.5 Å². The summed E-state index contributed by atoms with van der Waals surface area (Å²) < 4.78 is 0. The zero-order valence-corrected chi connectivity index (χ0v) is 12.6. The molecule has 0 fully saturated rings. The first-order valence-electron chi connectivity index (χ1n) is 2.12. The standard InChI is InChI=1S/C5H10O.V.W.Y/c1-3-4-5(2)6;;;/h4-6H,2-3H2,1H3;;;/q-2;;;/t5-;;;/m1.../s1. The van der Waals surface area contributed by atoms with Crippen molar-refractivity contribution in [3.63, 3.8) is 0 Å². The predicted octanol–water partition coefficient (Wildman–Crippen LogP) is 0.788.